The maximum atomic E-state index is 11.5. The quantitative estimate of drug-likeness (QED) is 0.516. The van der Waals surface area contributed by atoms with Crippen LogP contribution in [-0.2, 0) is 20.6 Å². The first-order chi connectivity index (χ1) is 10.5. The summed E-state index contributed by atoms with van der Waals surface area (Å²) >= 11 is 0. The molecule has 0 bridgehead atoms. The van der Waals surface area contributed by atoms with Crippen LogP contribution in [0.5, 0.6) is 5.75 Å². The molecule has 0 aromatic heterocycles. The zero-order chi connectivity index (χ0) is 17.7. The summed E-state index contributed by atoms with van der Waals surface area (Å²) in [7, 11) is -0.345. The Morgan fingerprint density at radius 2 is 1.74 bits per heavy atom. The molecule has 1 aromatic carbocycles. The topological polar surface area (TPSA) is 44.8 Å². The van der Waals surface area contributed by atoms with Gasteiger partial charge in [-0.2, -0.15) is 0 Å². The second-order valence-corrected chi connectivity index (χ2v) is 12.1. The number of methoxy groups -OCH3 is 1. The molecule has 0 aliphatic heterocycles. The third-order valence-corrected chi connectivity index (χ3v) is 8.75. The molecule has 5 heteroatoms. The first kappa shape index (κ1) is 19.9. The molecule has 0 saturated heterocycles. The van der Waals surface area contributed by atoms with E-state index >= 15 is 0 Å². The number of carbonyl (C=O) groups excluding carboxylic acids is 1. The Kier molecular flexibility index (Phi) is 6.98. The Morgan fingerprint density at radius 1 is 1.17 bits per heavy atom. The predicted octanol–water partition coefficient (Wildman–Crippen LogP) is 4.54. The normalized spacial score (nSPS) is 13.7. The number of Topliss-reactive ketones (excluding diaryl/α,β-unsaturated/α-hetero) is 1. The fourth-order valence-corrected chi connectivity index (χ4v) is 2.95. The number of hydrogen-bond donors (Lipinski definition) is 0. The van der Waals surface area contributed by atoms with Crippen molar-refractivity contribution in [1.29, 1.82) is 0 Å². The lowest BCUT2D eigenvalue weighted by molar-refractivity contribution is -0.133. The maximum absolute atomic E-state index is 11.5. The number of ether oxygens (including phenoxy) is 2. The molecule has 0 amide bonds. The van der Waals surface area contributed by atoms with E-state index in [9.17, 15) is 4.79 Å². The third-order valence-electron chi connectivity index (χ3n) is 4.28. The summed E-state index contributed by atoms with van der Waals surface area (Å²) in [4.78, 5) is 11.5. The van der Waals surface area contributed by atoms with Crippen LogP contribution in [0.4, 0.5) is 0 Å². The number of ketones is 1. The van der Waals surface area contributed by atoms with Gasteiger partial charge in [0.05, 0.1) is 20.1 Å². The summed E-state index contributed by atoms with van der Waals surface area (Å²) in [6.07, 6.45) is -0.210. The molecule has 0 N–H and O–H groups in total. The van der Waals surface area contributed by atoms with Gasteiger partial charge in [0, 0.05) is 0 Å². The Balaban J connectivity index is 2.72. The lowest BCUT2D eigenvalue weighted by atomic mass is 10.2. The van der Waals surface area contributed by atoms with E-state index in [0.29, 0.717) is 6.61 Å². The van der Waals surface area contributed by atoms with Gasteiger partial charge in [-0.15, -0.1) is 0 Å². The summed E-state index contributed by atoms with van der Waals surface area (Å²) in [5.41, 5.74) is 1.03. The van der Waals surface area contributed by atoms with Crippen molar-refractivity contribution < 1.29 is 18.7 Å². The summed E-state index contributed by atoms with van der Waals surface area (Å²) in [5.74, 6) is 0.884. The molecule has 0 radical (unpaired) electrons. The molecule has 23 heavy (non-hydrogen) atoms. The van der Waals surface area contributed by atoms with Gasteiger partial charge in [0.1, 0.15) is 11.5 Å². The van der Waals surface area contributed by atoms with Crippen molar-refractivity contribution in [1.82, 2.24) is 0 Å². The number of rotatable bonds is 8. The summed E-state index contributed by atoms with van der Waals surface area (Å²) < 4.78 is 17.3. The van der Waals surface area contributed by atoms with Crippen LogP contribution in [0.3, 0.4) is 0 Å². The van der Waals surface area contributed by atoms with Crippen LogP contribution in [0.1, 0.15) is 39.7 Å². The highest BCUT2D eigenvalue weighted by Crippen LogP contribution is 2.37. The van der Waals surface area contributed by atoms with E-state index in [2.05, 4.69) is 33.9 Å². The second-order valence-electron chi connectivity index (χ2n) is 7.37. The Bertz CT molecular complexity index is 503. The largest absolute Gasteiger partial charge is 0.497 e. The molecule has 0 spiro atoms. The number of carbonyl (C=O) groups is 1. The van der Waals surface area contributed by atoms with Gasteiger partial charge in [-0.05, 0) is 42.8 Å². The van der Waals surface area contributed by atoms with Gasteiger partial charge in [-0.3, -0.25) is 4.79 Å². The lowest BCUT2D eigenvalue weighted by Gasteiger charge is -2.38. The molecule has 1 atom stereocenters. The monoisotopic (exact) mass is 338 g/mol. The highest BCUT2D eigenvalue weighted by molar-refractivity contribution is 6.74. The standard InChI is InChI=1S/C18H30O4Si/c1-14(19)12-17(22-23(6,7)18(2,3)4)21-13-15-8-10-16(20-5)11-9-15/h8-11,17H,12-13H2,1-7H3. The van der Waals surface area contributed by atoms with Gasteiger partial charge >= 0.3 is 0 Å². The Labute approximate surface area is 141 Å². The summed E-state index contributed by atoms with van der Waals surface area (Å²) in [5, 5.41) is 0.0749. The molecule has 1 rings (SSSR count). The van der Waals surface area contributed by atoms with Crippen LogP contribution < -0.4 is 4.74 Å². The highest BCUT2D eigenvalue weighted by Gasteiger charge is 2.39. The molecule has 1 unspecified atom stereocenters. The molecular formula is C18H30O4Si. The third kappa shape index (κ3) is 6.45. The molecule has 0 heterocycles. The van der Waals surface area contributed by atoms with E-state index in [1.54, 1.807) is 14.0 Å². The average molecular weight is 339 g/mol. The van der Waals surface area contributed by atoms with E-state index in [1.165, 1.54) is 0 Å². The van der Waals surface area contributed by atoms with Crippen molar-refractivity contribution in [2.45, 2.75) is 65.1 Å². The minimum Gasteiger partial charge on any atom is -0.497 e. The van der Waals surface area contributed by atoms with E-state index in [4.69, 9.17) is 13.9 Å². The molecule has 0 aliphatic rings. The molecule has 4 nitrogen and oxygen atoms in total. The van der Waals surface area contributed by atoms with Gasteiger partial charge < -0.3 is 13.9 Å². The van der Waals surface area contributed by atoms with Crippen LogP contribution in [-0.4, -0.2) is 27.5 Å². The van der Waals surface area contributed by atoms with E-state index in [0.717, 1.165) is 11.3 Å². The SMILES string of the molecule is COc1ccc(COC(CC(C)=O)O[Si](C)(C)C(C)(C)C)cc1. The second kappa shape index (κ2) is 8.08. The maximum Gasteiger partial charge on any atom is 0.195 e. The van der Waals surface area contributed by atoms with Crippen molar-refractivity contribution in [3.8, 4) is 5.75 Å². The van der Waals surface area contributed by atoms with E-state index < -0.39 is 14.6 Å². The molecule has 1 aromatic rings. The smallest absolute Gasteiger partial charge is 0.195 e. The summed E-state index contributed by atoms with van der Waals surface area (Å²) in [6.45, 7) is 12.8. The van der Waals surface area contributed by atoms with Gasteiger partial charge in [-0.1, -0.05) is 32.9 Å². The first-order valence-electron chi connectivity index (χ1n) is 7.97. The lowest BCUT2D eigenvalue weighted by Crippen LogP contribution is -2.45. The zero-order valence-electron chi connectivity index (χ0n) is 15.4. The van der Waals surface area contributed by atoms with Crippen LogP contribution >= 0.6 is 0 Å². The van der Waals surface area contributed by atoms with Crippen LogP contribution in [0, 0.1) is 0 Å². The molecule has 130 valence electrons. The Morgan fingerprint density at radius 3 is 2.17 bits per heavy atom. The predicted molar refractivity (Wildman–Crippen MR) is 95.2 cm³/mol. The van der Waals surface area contributed by atoms with Gasteiger partial charge in [-0.25, -0.2) is 0 Å². The molecule has 0 aliphatic carbocycles. The fourth-order valence-electron chi connectivity index (χ4n) is 1.79. The molecular weight excluding hydrogens is 308 g/mol. The number of hydrogen-bond acceptors (Lipinski definition) is 4. The van der Waals surface area contributed by atoms with Crippen molar-refractivity contribution in [3.63, 3.8) is 0 Å². The van der Waals surface area contributed by atoms with Crippen molar-refractivity contribution in [2.75, 3.05) is 7.11 Å². The minimum absolute atomic E-state index is 0.0726. The van der Waals surface area contributed by atoms with Gasteiger partial charge in [0.2, 0.25) is 0 Å². The van der Waals surface area contributed by atoms with Gasteiger partial charge in [0.25, 0.3) is 0 Å². The molecule has 0 saturated carbocycles. The average Bonchev–Trinajstić information content (AvgIpc) is 2.43. The zero-order valence-corrected chi connectivity index (χ0v) is 16.4. The van der Waals surface area contributed by atoms with Crippen molar-refractivity contribution in [3.05, 3.63) is 29.8 Å². The summed E-state index contributed by atoms with van der Waals surface area (Å²) in [6, 6.07) is 7.70. The highest BCUT2D eigenvalue weighted by atomic mass is 28.4. The van der Waals surface area contributed by atoms with Crippen molar-refractivity contribution >= 4 is 14.1 Å². The van der Waals surface area contributed by atoms with Crippen LogP contribution in [0.2, 0.25) is 18.1 Å². The number of benzene rings is 1. The van der Waals surface area contributed by atoms with E-state index in [1.807, 2.05) is 24.3 Å². The van der Waals surface area contributed by atoms with Crippen LogP contribution in [0.25, 0.3) is 0 Å². The first-order valence-corrected chi connectivity index (χ1v) is 10.9. The minimum atomic E-state index is -1.98. The van der Waals surface area contributed by atoms with Gasteiger partial charge in [0.15, 0.2) is 14.6 Å². The fraction of sp³-hybridized carbons (Fsp3) is 0.611. The Hall–Kier alpha value is -1.17. The van der Waals surface area contributed by atoms with E-state index in [-0.39, 0.29) is 17.2 Å². The molecule has 0 fully saturated rings. The van der Waals surface area contributed by atoms with Crippen LogP contribution in [0.15, 0.2) is 24.3 Å². The van der Waals surface area contributed by atoms with Crippen molar-refractivity contribution in [2.24, 2.45) is 0 Å².